The van der Waals surface area contributed by atoms with Crippen molar-refractivity contribution in [3.63, 3.8) is 0 Å². The van der Waals surface area contributed by atoms with Crippen LogP contribution < -0.4 is 0 Å². The molecule has 31 heavy (non-hydrogen) atoms. The predicted octanol–water partition coefficient (Wildman–Crippen LogP) is 3.00. The molecule has 168 valence electrons. The molecule has 0 amide bonds. The Kier molecular flexibility index (Phi) is 5.22. The highest BCUT2D eigenvalue weighted by molar-refractivity contribution is 5.93. The van der Waals surface area contributed by atoms with Crippen molar-refractivity contribution in [3.8, 4) is 0 Å². The summed E-state index contributed by atoms with van der Waals surface area (Å²) in [7, 11) is 1.32. The number of carbonyl (C=O) groups excluding carboxylic acids is 4. The molecular weight excluding hydrogens is 404 g/mol. The molecule has 1 saturated heterocycles. The average Bonchev–Trinajstić information content (AvgIpc) is 3.23. The van der Waals surface area contributed by atoms with Crippen molar-refractivity contribution < 1.29 is 37.8 Å². The van der Waals surface area contributed by atoms with Gasteiger partial charge in [0.15, 0.2) is 11.9 Å². The smallest absolute Gasteiger partial charge is 0.310 e. The van der Waals surface area contributed by atoms with E-state index in [0.29, 0.717) is 19.3 Å². The van der Waals surface area contributed by atoms with E-state index in [1.807, 2.05) is 13.8 Å². The molecule has 2 saturated carbocycles. The average molecular weight is 432 g/mol. The van der Waals surface area contributed by atoms with Crippen molar-refractivity contribution in [1.82, 2.24) is 0 Å². The fourth-order valence-electron chi connectivity index (χ4n) is 6.46. The highest BCUT2D eigenvalue weighted by Gasteiger charge is 2.67. The molecule has 8 heteroatoms. The lowest BCUT2D eigenvalue weighted by atomic mass is 9.43. The summed E-state index contributed by atoms with van der Waals surface area (Å²) in [4.78, 5) is 51.2. The largest absolute Gasteiger partial charge is 0.472 e. The Morgan fingerprint density at radius 2 is 1.94 bits per heavy atom. The van der Waals surface area contributed by atoms with E-state index in [4.69, 9.17) is 18.6 Å². The van der Waals surface area contributed by atoms with Crippen LogP contribution in [0.15, 0.2) is 23.0 Å². The summed E-state index contributed by atoms with van der Waals surface area (Å²) in [5.74, 6) is -3.35. The molecule has 0 aromatic carbocycles. The first kappa shape index (κ1) is 21.6. The van der Waals surface area contributed by atoms with Crippen LogP contribution in [0.2, 0.25) is 0 Å². The van der Waals surface area contributed by atoms with E-state index in [1.54, 1.807) is 6.07 Å². The molecule has 1 aromatic heterocycles. The van der Waals surface area contributed by atoms with Crippen LogP contribution in [0.4, 0.5) is 0 Å². The summed E-state index contributed by atoms with van der Waals surface area (Å²) in [5.41, 5.74) is -0.763. The second-order valence-corrected chi connectivity index (χ2v) is 9.53. The fourth-order valence-corrected chi connectivity index (χ4v) is 6.46. The number of methoxy groups -OCH3 is 1. The predicted molar refractivity (Wildman–Crippen MR) is 105 cm³/mol. The van der Waals surface area contributed by atoms with E-state index in [-0.39, 0.29) is 18.2 Å². The molecule has 0 spiro atoms. The zero-order chi connectivity index (χ0) is 22.6. The van der Waals surface area contributed by atoms with Crippen molar-refractivity contribution in [2.45, 2.75) is 58.7 Å². The van der Waals surface area contributed by atoms with Gasteiger partial charge in [-0.15, -0.1) is 0 Å². The van der Waals surface area contributed by atoms with Gasteiger partial charge < -0.3 is 18.6 Å². The SMILES string of the molecule is COC(=O)[C@@H]1C[C@H](OC(C)=O)C(=O)[C@@H]2[C@@]1(C)CC[C@H]1C(=O)O[C@H](c3ccoc3)C[C@]21C. The standard InChI is InChI=1S/C23H28O8/c1-12(24)30-16-9-15(20(26)28-4)22(2)7-5-14-21(27)31-17(13-6-8-29-11-13)10-23(14,3)19(22)18(16)25/h6,8,11,14-17,19H,5,7,9-10H2,1-4H3/t14-,15-,16-,17-,19+,22-,23-/m0/s1. The third-order valence-corrected chi connectivity index (χ3v) is 7.81. The minimum Gasteiger partial charge on any atom is -0.472 e. The molecule has 2 aliphatic carbocycles. The van der Waals surface area contributed by atoms with Crippen LogP contribution in [0, 0.1) is 28.6 Å². The van der Waals surface area contributed by atoms with E-state index in [1.165, 1.54) is 26.6 Å². The fraction of sp³-hybridized carbons (Fsp3) is 0.652. The van der Waals surface area contributed by atoms with Crippen LogP contribution in [-0.4, -0.2) is 36.9 Å². The van der Waals surface area contributed by atoms with Crippen molar-refractivity contribution in [1.29, 1.82) is 0 Å². The summed E-state index contributed by atoms with van der Waals surface area (Å²) in [5, 5.41) is 0. The van der Waals surface area contributed by atoms with Crippen LogP contribution in [0.1, 0.15) is 58.1 Å². The number of Topliss-reactive ketones (excluding diaryl/α,β-unsaturated/α-hetero) is 1. The molecule has 0 N–H and O–H groups in total. The van der Waals surface area contributed by atoms with Gasteiger partial charge in [0.25, 0.3) is 0 Å². The summed E-state index contributed by atoms with van der Waals surface area (Å²) in [6, 6.07) is 1.74. The van der Waals surface area contributed by atoms with Crippen molar-refractivity contribution in [2.24, 2.45) is 28.6 Å². The van der Waals surface area contributed by atoms with Crippen LogP contribution in [0.25, 0.3) is 0 Å². The monoisotopic (exact) mass is 432 g/mol. The number of furan rings is 1. The molecule has 0 bridgehead atoms. The summed E-state index contributed by atoms with van der Waals surface area (Å²) < 4.78 is 21.3. The van der Waals surface area contributed by atoms with E-state index >= 15 is 0 Å². The summed E-state index contributed by atoms with van der Waals surface area (Å²) in [6.07, 6.45) is 2.98. The van der Waals surface area contributed by atoms with Crippen LogP contribution in [0.3, 0.4) is 0 Å². The van der Waals surface area contributed by atoms with E-state index in [0.717, 1.165) is 5.56 Å². The number of fused-ring (bicyclic) bond motifs is 3. The molecule has 2 heterocycles. The van der Waals surface area contributed by atoms with Gasteiger partial charge in [0.05, 0.1) is 31.5 Å². The van der Waals surface area contributed by atoms with E-state index < -0.39 is 52.7 Å². The Morgan fingerprint density at radius 1 is 1.19 bits per heavy atom. The minimum atomic E-state index is -1.04. The molecule has 8 nitrogen and oxygen atoms in total. The third kappa shape index (κ3) is 3.27. The Hall–Kier alpha value is -2.64. The van der Waals surface area contributed by atoms with Crippen LogP contribution in [0.5, 0.6) is 0 Å². The Bertz CT molecular complexity index is 905. The van der Waals surface area contributed by atoms with Gasteiger partial charge in [-0.2, -0.15) is 0 Å². The number of carbonyl (C=O) groups is 4. The van der Waals surface area contributed by atoms with Crippen molar-refractivity contribution in [2.75, 3.05) is 7.11 Å². The topological polar surface area (TPSA) is 109 Å². The van der Waals surface area contributed by atoms with E-state index in [2.05, 4.69) is 0 Å². The lowest BCUT2D eigenvalue weighted by Crippen LogP contribution is -2.64. The molecule has 0 unspecified atom stereocenters. The summed E-state index contributed by atoms with van der Waals surface area (Å²) >= 11 is 0. The Morgan fingerprint density at radius 3 is 2.55 bits per heavy atom. The van der Waals surface area contributed by atoms with Crippen LogP contribution >= 0.6 is 0 Å². The number of hydrogen-bond donors (Lipinski definition) is 0. The van der Waals surface area contributed by atoms with Crippen molar-refractivity contribution in [3.05, 3.63) is 24.2 Å². The number of rotatable bonds is 3. The number of ketones is 1. The zero-order valence-corrected chi connectivity index (χ0v) is 18.2. The van der Waals surface area contributed by atoms with Gasteiger partial charge in [0, 0.05) is 24.8 Å². The maximum atomic E-state index is 13.7. The maximum Gasteiger partial charge on any atom is 0.310 e. The van der Waals surface area contributed by atoms with Gasteiger partial charge in [-0.1, -0.05) is 13.8 Å². The van der Waals surface area contributed by atoms with Gasteiger partial charge >= 0.3 is 17.9 Å². The lowest BCUT2D eigenvalue weighted by Gasteiger charge is -2.60. The number of ether oxygens (including phenoxy) is 3. The quantitative estimate of drug-likeness (QED) is 0.530. The van der Waals surface area contributed by atoms with Gasteiger partial charge in [-0.3, -0.25) is 19.2 Å². The zero-order valence-electron chi connectivity index (χ0n) is 18.2. The van der Waals surface area contributed by atoms with Gasteiger partial charge in [0.2, 0.25) is 0 Å². The normalized spacial score (nSPS) is 39.7. The molecule has 1 aliphatic heterocycles. The first-order chi connectivity index (χ1) is 14.6. The van der Waals surface area contributed by atoms with E-state index in [9.17, 15) is 19.2 Å². The first-order valence-electron chi connectivity index (χ1n) is 10.6. The number of hydrogen-bond acceptors (Lipinski definition) is 8. The number of cyclic esters (lactones) is 1. The van der Waals surface area contributed by atoms with Gasteiger partial charge in [-0.05, 0) is 36.2 Å². The molecular formula is C23H28O8. The van der Waals surface area contributed by atoms with Crippen LogP contribution in [-0.2, 0) is 33.4 Å². The molecule has 0 radical (unpaired) electrons. The highest BCUT2D eigenvalue weighted by atomic mass is 16.6. The summed E-state index contributed by atoms with van der Waals surface area (Å²) in [6.45, 7) is 5.09. The van der Waals surface area contributed by atoms with Crippen molar-refractivity contribution >= 4 is 23.7 Å². The van der Waals surface area contributed by atoms with Gasteiger partial charge in [-0.25, -0.2) is 0 Å². The Labute approximate surface area is 180 Å². The maximum absolute atomic E-state index is 13.7. The molecule has 1 aromatic rings. The molecule has 4 rings (SSSR count). The molecule has 3 aliphatic rings. The van der Waals surface area contributed by atoms with Gasteiger partial charge in [0.1, 0.15) is 6.10 Å². The molecule has 3 fully saturated rings. The number of esters is 3. The lowest BCUT2D eigenvalue weighted by molar-refractivity contribution is -0.210. The second kappa shape index (κ2) is 7.50. The molecule has 7 atom stereocenters. The highest BCUT2D eigenvalue weighted by Crippen LogP contribution is 2.65. The minimum absolute atomic E-state index is 0.0917. The second-order valence-electron chi connectivity index (χ2n) is 9.53. The third-order valence-electron chi connectivity index (χ3n) is 7.81. The Balaban J connectivity index is 1.80. The first-order valence-corrected chi connectivity index (χ1v) is 10.6.